The molecule has 0 atom stereocenters. The van der Waals surface area contributed by atoms with Crippen molar-refractivity contribution >= 4 is 23.0 Å². The second-order valence-electron chi connectivity index (χ2n) is 5.21. The second-order valence-corrected chi connectivity index (χ2v) is 5.21. The number of nitrogens with zero attached hydrogens (tertiary/aromatic N) is 3. The lowest BCUT2D eigenvalue weighted by atomic mass is 10.2. The molecule has 2 aromatic carbocycles. The van der Waals surface area contributed by atoms with Crippen molar-refractivity contribution in [2.45, 2.75) is 0 Å². The summed E-state index contributed by atoms with van der Waals surface area (Å²) in [5.74, 6) is 2.36. The van der Waals surface area contributed by atoms with Gasteiger partial charge in [0.25, 0.3) is 0 Å². The minimum absolute atomic E-state index is 0.240. The number of fused-ring (bicyclic) bond motifs is 1. The topological polar surface area (TPSA) is 98.1 Å². The minimum Gasteiger partial charge on any atom is -0.497 e. The highest BCUT2D eigenvalue weighted by molar-refractivity contribution is 5.84. The van der Waals surface area contributed by atoms with E-state index >= 15 is 0 Å². The normalized spacial score (nSPS) is 10.8. The molecule has 4 rings (SSSR count). The first-order chi connectivity index (χ1) is 12.3. The lowest BCUT2D eigenvalue weighted by Crippen LogP contribution is -1.92. The molecule has 0 unspecified atom stereocenters. The van der Waals surface area contributed by atoms with E-state index in [0.29, 0.717) is 17.6 Å². The van der Waals surface area contributed by atoms with Crippen LogP contribution in [0, 0.1) is 0 Å². The predicted octanol–water partition coefficient (Wildman–Crippen LogP) is 3.37. The van der Waals surface area contributed by atoms with Crippen LogP contribution in [-0.4, -0.2) is 34.4 Å². The summed E-state index contributed by atoms with van der Waals surface area (Å²) in [5, 5.41) is 11.0. The number of H-pyrrole nitrogens is 1. The van der Waals surface area contributed by atoms with Crippen LogP contribution in [0.25, 0.3) is 22.5 Å². The summed E-state index contributed by atoms with van der Waals surface area (Å²) < 4.78 is 16.1. The van der Waals surface area contributed by atoms with E-state index in [4.69, 9.17) is 13.9 Å². The molecule has 4 aromatic rings. The molecule has 25 heavy (non-hydrogen) atoms. The Balaban J connectivity index is 1.58. The van der Waals surface area contributed by atoms with Crippen molar-refractivity contribution in [1.29, 1.82) is 0 Å². The van der Waals surface area contributed by atoms with Crippen LogP contribution in [0.4, 0.5) is 12.0 Å². The molecule has 0 bridgehead atoms. The molecule has 2 N–H and O–H groups in total. The average Bonchev–Trinajstić information content (AvgIpc) is 3.28. The van der Waals surface area contributed by atoms with Crippen LogP contribution < -0.4 is 14.8 Å². The zero-order valence-corrected chi connectivity index (χ0v) is 13.6. The average molecular weight is 337 g/mol. The largest absolute Gasteiger partial charge is 0.497 e. The highest BCUT2D eigenvalue weighted by atomic mass is 16.5. The summed E-state index contributed by atoms with van der Waals surface area (Å²) in [6.07, 6.45) is 0. The molecule has 0 aliphatic heterocycles. The lowest BCUT2D eigenvalue weighted by Gasteiger charge is -1.99. The van der Waals surface area contributed by atoms with Gasteiger partial charge in [0.15, 0.2) is 0 Å². The van der Waals surface area contributed by atoms with E-state index in [0.717, 1.165) is 22.3 Å². The maximum atomic E-state index is 5.63. The second kappa shape index (κ2) is 6.16. The van der Waals surface area contributed by atoms with E-state index < -0.39 is 0 Å². The maximum Gasteiger partial charge on any atom is 0.322 e. The van der Waals surface area contributed by atoms with Crippen molar-refractivity contribution in [3.05, 3.63) is 42.5 Å². The molecule has 0 fully saturated rings. The Labute approximate surface area is 142 Å². The fourth-order valence-electron chi connectivity index (χ4n) is 2.46. The summed E-state index contributed by atoms with van der Waals surface area (Å²) in [5.41, 5.74) is 2.37. The Hall–Kier alpha value is -3.55. The first-order valence-electron chi connectivity index (χ1n) is 7.54. The van der Waals surface area contributed by atoms with E-state index in [1.165, 1.54) is 0 Å². The molecule has 0 saturated carbocycles. The molecule has 8 heteroatoms. The van der Waals surface area contributed by atoms with Gasteiger partial charge in [-0.15, -0.1) is 5.10 Å². The van der Waals surface area contributed by atoms with Crippen LogP contribution in [0.3, 0.4) is 0 Å². The van der Waals surface area contributed by atoms with Gasteiger partial charge in [0, 0.05) is 5.56 Å². The third-order valence-corrected chi connectivity index (χ3v) is 3.69. The summed E-state index contributed by atoms with van der Waals surface area (Å²) in [4.78, 5) is 7.57. The van der Waals surface area contributed by atoms with Gasteiger partial charge in [-0.1, -0.05) is 11.2 Å². The monoisotopic (exact) mass is 337 g/mol. The van der Waals surface area contributed by atoms with Crippen LogP contribution in [0.15, 0.2) is 46.9 Å². The van der Waals surface area contributed by atoms with Crippen molar-refractivity contribution in [3.63, 3.8) is 0 Å². The Morgan fingerprint density at radius 3 is 2.60 bits per heavy atom. The summed E-state index contributed by atoms with van der Waals surface area (Å²) in [6.45, 7) is 0. The van der Waals surface area contributed by atoms with Crippen LogP contribution in [-0.2, 0) is 0 Å². The summed E-state index contributed by atoms with van der Waals surface area (Å²) in [6, 6.07) is 13.2. The number of para-hydroxylation sites is 1. The third kappa shape index (κ3) is 2.85. The first-order valence-corrected chi connectivity index (χ1v) is 7.54. The lowest BCUT2D eigenvalue weighted by molar-refractivity contribution is 0.415. The minimum atomic E-state index is 0.240. The van der Waals surface area contributed by atoms with Gasteiger partial charge < -0.3 is 18.9 Å². The number of anilines is 2. The van der Waals surface area contributed by atoms with E-state index in [2.05, 4.69) is 25.5 Å². The van der Waals surface area contributed by atoms with Gasteiger partial charge in [-0.3, -0.25) is 5.32 Å². The van der Waals surface area contributed by atoms with Crippen molar-refractivity contribution in [1.82, 2.24) is 20.2 Å². The maximum absolute atomic E-state index is 5.63. The molecule has 0 aliphatic carbocycles. The highest BCUT2D eigenvalue weighted by Crippen LogP contribution is 2.27. The molecule has 2 heterocycles. The molecule has 0 spiro atoms. The van der Waals surface area contributed by atoms with Gasteiger partial charge in [-0.25, -0.2) is 4.98 Å². The van der Waals surface area contributed by atoms with Crippen LogP contribution in [0.1, 0.15) is 0 Å². The molecule has 126 valence electrons. The van der Waals surface area contributed by atoms with Gasteiger partial charge in [0.2, 0.25) is 11.8 Å². The molecule has 8 nitrogen and oxygen atoms in total. The Morgan fingerprint density at radius 2 is 1.84 bits per heavy atom. The third-order valence-electron chi connectivity index (χ3n) is 3.69. The standard InChI is InChI=1S/C17H15N5O3/c1-23-11-8-6-10(7-9-11)15-21-22-17(25-15)20-16-18-12-4-3-5-13(24-2)14(12)19-16/h3-9H,1-2H3,(H2,18,19,20,22). The van der Waals surface area contributed by atoms with E-state index in [9.17, 15) is 0 Å². The smallest absolute Gasteiger partial charge is 0.322 e. The molecule has 0 amide bonds. The van der Waals surface area contributed by atoms with Crippen molar-refractivity contribution in [2.24, 2.45) is 0 Å². The van der Waals surface area contributed by atoms with Gasteiger partial charge in [0.05, 0.1) is 19.7 Å². The number of ether oxygens (including phenoxy) is 2. The molecule has 0 radical (unpaired) electrons. The zero-order valence-electron chi connectivity index (χ0n) is 13.6. The molecular weight excluding hydrogens is 322 g/mol. The van der Waals surface area contributed by atoms with Gasteiger partial charge >= 0.3 is 6.01 Å². The van der Waals surface area contributed by atoms with Gasteiger partial charge in [-0.2, -0.15) is 0 Å². The Bertz CT molecular complexity index is 1010. The molecule has 0 aliphatic rings. The number of benzene rings is 2. The van der Waals surface area contributed by atoms with Crippen LogP contribution in [0.5, 0.6) is 11.5 Å². The van der Waals surface area contributed by atoms with Crippen LogP contribution in [0.2, 0.25) is 0 Å². The van der Waals surface area contributed by atoms with Crippen molar-refractivity contribution in [2.75, 3.05) is 19.5 Å². The Kier molecular flexibility index (Phi) is 3.70. The summed E-state index contributed by atoms with van der Waals surface area (Å²) in [7, 11) is 3.23. The zero-order chi connectivity index (χ0) is 17.2. The SMILES string of the molecule is COc1ccc(-c2nnc(Nc3nc4cccc(OC)c4[nH]3)o2)cc1. The number of aromatic nitrogens is 4. The molecule has 0 saturated heterocycles. The number of imidazole rings is 1. The highest BCUT2D eigenvalue weighted by Gasteiger charge is 2.12. The molecular formula is C17H15N5O3. The van der Waals surface area contributed by atoms with E-state index in [1.807, 2.05) is 42.5 Å². The Morgan fingerprint density at radius 1 is 1.00 bits per heavy atom. The number of hydrogen-bond acceptors (Lipinski definition) is 7. The fraction of sp³-hybridized carbons (Fsp3) is 0.118. The summed E-state index contributed by atoms with van der Waals surface area (Å²) >= 11 is 0. The predicted molar refractivity (Wildman–Crippen MR) is 92.2 cm³/mol. The van der Waals surface area contributed by atoms with E-state index in [-0.39, 0.29) is 6.01 Å². The van der Waals surface area contributed by atoms with Gasteiger partial charge in [-0.05, 0) is 36.4 Å². The number of methoxy groups -OCH3 is 2. The number of rotatable bonds is 5. The van der Waals surface area contributed by atoms with Crippen molar-refractivity contribution < 1.29 is 13.9 Å². The number of aromatic amines is 1. The van der Waals surface area contributed by atoms with Crippen LogP contribution >= 0.6 is 0 Å². The number of nitrogens with one attached hydrogen (secondary N) is 2. The van der Waals surface area contributed by atoms with Crippen molar-refractivity contribution in [3.8, 4) is 23.0 Å². The van der Waals surface area contributed by atoms with Gasteiger partial charge in [0.1, 0.15) is 17.0 Å². The van der Waals surface area contributed by atoms with E-state index in [1.54, 1.807) is 14.2 Å². The fourth-order valence-corrected chi connectivity index (χ4v) is 2.46. The first kappa shape index (κ1) is 15.0. The molecule has 2 aromatic heterocycles. The quantitative estimate of drug-likeness (QED) is 0.576. The number of hydrogen-bond donors (Lipinski definition) is 2.